The van der Waals surface area contributed by atoms with E-state index >= 15 is 0 Å². The lowest BCUT2D eigenvalue weighted by Gasteiger charge is -2.26. The zero-order chi connectivity index (χ0) is 22.6. The molecule has 0 amide bonds. The maximum Gasteiger partial charge on any atom is 0.233 e. The molecular formula is C23H26FN3O4S. The molecule has 1 fully saturated rings. The molecule has 9 heteroatoms. The minimum Gasteiger partial charge on any atom is -0.419 e. The Hall–Kier alpha value is -2.75. The normalized spacial score (nSPS) is 15.1. The van der Waals surface area contributed by atoms with Crippen LogP contribution in [0.4, 0.5) is 10.3 Å². The van der Waals surface area contributed by atoms with E-state index in [1.165, 1.54) is 24.3 Å². The molecule has 0 atom stereocenters. The number of oxazole rings is 1. The van der Waals surface area contributed by atoms with Gasteiger partial charge in [-0.2, -0.15) is 4.98 Å². The molecule has 1 N–H and O–H groups in total. The summed E-state index contributed by atoms with van der Waals surface area (Å²) in [7, 11) is -3.91. The number of nitrogens with one attached hydrogen (secondary N) is 1. The standard InChI is InChI=1S/C23H26FN3O4S/c1-17-3-9-20(10-4-17)32(28,29)23-22(25-11-2-12-27-13-15-30-16-14-27)31-21(26-23)18-5-7-19(24)8-6-18/h3-10,25H,2,11-16H2,1H3. The number of benzene rings is 2. The molecule has 3 aromatic rings. The fourth-order valence-corrected chi connectivity index (χ4v) is 4.75. The predicted molar refractivity (Wildman–Crippen MR) is 119 cm³/mol. The van der Waals surface area contributed by atoms with Crippen LogP contribution in [0.1, 0.15) is 12.0 Å². The molecule has 0 bridgehead atoms. The summed E-state index contributed by atoms with van der Waals surface area (Å²) in [5, 5.41) is 2.93. The van der Waals surface area contributed by atoms with Gasteiger partial charge in [0.1, 0.15) is 5.82 Å². The first-order chi connectivity index (χ1) is 15.4. The molecule has 4 rings (SSSR count). The van der Waals surface area contributed by atoms with Crippen LogP contribution < -0.4 is 5.32 Å². The number of aryl methyl sites for hydroxylation is 1. The van der Waals surface area contributed by atoms with E-state index in [9.17, 15) is 12.8 Å². The van der Waals surface area contributed by atoms with Gasteiger partial charge in [-0.1, -0.05) is 17.7 Å². The lowest BCUT2D eigenvalue weighted by molar-refractivity contribution is 0.0378. The third kappa shape index (κ3) is 5.17. The molecule has 0 aliphatic carbocycles. The maximum atomic E-state index is 13.3. The smallest absolute Gasteiger partial charge is 0.233 e. The average Bonchev–Trinajstić information content (AvgIpc) is 3.23. The van der Waals surface area contributed by atoms with Crippen LogP contribution in [0, 0.1) is 12.7 Å². The Morgan fingerprint density at radius 2 is 1.75 bits per heavy atom. The highest BCUT2D eigenvalue weighted by molar-refractivity contribution is 7.91. The number of anilines is 1. The van der Waals surface area contributed by atoms with Gasteiger partial charge in [-0.05, 0) is 56.3 Å². The molecule has 0 saturated carbocycles. The molecule has 2 aromatic carbocycles. The van der Waals surface area contributed by atoms with Gasteiger partial charge in [0.05, 0.1) is 18.1 Å². The van der Waals surface area contributed by atoms with E-state index < -0.39 is 15.7 Å². The van der Waals surface area contributed by atoms with Crippen molar-refractivity contribution in [1.29, 1.82) is 0 Å². The fourth-order valence-electron chi connectivity index (χ4n) is 3.47. The van der Waals surface area contributed by atoms with Crippen molar-refractivity contribution in [2.75, 3.05) is 44.7 Å². The van der Waals surface area contributed by atoms with Gasteiger partial charge in [-0.25, -0.2) is 12.8 Å². The summed E-state index contributed by atoms with van der Waals surface area (Å²) in [5.74, 6) is -0.187. The molecular weight excluding hydrogens is 433 g/mol. The number of hydrogen-bond donors (Lipinski definition) is 1. The molecule has 0 radical (unpaired) electrons. The third-order valence-corrected chi connectivity index (χ3v) is 6.99. The first kappa shape index (κ1) is 22.4. The Labute approximate surface area is 187 Å². The minimum absolute atomic E-state index is 0.0897. The molecule has 0 spiro atoms. The van der Waals surface area contributed by atoms with Crippen molar-refractivity contribution in [3.63, 3.8) is 0 Å². The molecule has 7 nitrogen and oxygen atoms in total. The number of sulfone groups is 1. The highest BCUT2D eigenvalue weighted by Gasteiger charge is 2.28. The van der Waals surface area contributed by atoms with E-state index in [2.05, 4.69) is 15.2 Å². The Morgan fingerprint density at radius 1 is 1.06 bits per heavy atom. The van der Waals surface area contributed by atoms with E-state index in [1.54, 1.807) is 24.3 Å². The molecule has 1 aromatic heterocycles. The number of hydrogen-bond acceptors (Lipinski definition) is 7. The van der Waals surface area contributed by atoms with Crippen LogP contribution in [0.2, 0.25) is 0 Å². The maximum absolute atomic E-state index is 13.3. The van der Waals surface area contributed by atoms with Crippen LogP contribution in [0.15, 0.2) is 62.9 Å². The number of morpholine rings is 1. The number of aromatic nitrogens is 1. The zero-order valence-corrected chi connectivity index (χ0v) is 18.7. The van der Waals surface area contributed by atoms with Crippen molar-refractivity contribution in [2.45, 2.75) is 23.3 Å². The van der Waals surface area contributed by atoms with Crippen molar-refractivity contribution in [3.8, 4) is 11.5 Å². The highest BCUT2D eigenvalue weighted by Crippen LogP contribution is 2.32. The largest absolute Gasteiger partial charge is 0.419 e. The summed E-state index contributed by atoms with van der Waals surface area (Å²) in [6.45, 7) is 6.53. The average molecular weight is 460 g/mol. The predicted octanol–water partition coefficient (Wildman–Crippen LogP) is 3.76. The van der Waals surface area contributed by atoms with Crippen LogP contribution in [-0.2, 0) is 14.6 Å². The van der Waals surface area contributed by atoms with Gasteiger partial charge in [-0.3, -0.25) is 4.90 Å². The second-order valence-electron chi connectivity index (χ2n) is 7.71. The van der Waals surface area contributed by atoms with Crippen LogP contribution in [0.5, 0.6) is 0 Å². The van der Waals surface area contributed by atoms with Crippen LogP contribution >= 0.6 is 0 Å². The summed E-state index contributed by atoms with van der Waals surface area (Å²) >= 11 is 0. The van der Waals surface area contributed by atoms with Crippen molar-refractivity contribution >= 4 is 15.7 Å². The molecule has 170 valence electrons. The van der Waals surface area contributed by atoms with Gasteiger partial charge in [0, 0.05) is 25.2 Å². The van der Waals surface area contributed by atoms with E-state index in [0.29, 0.717) is 12.1 Å². The number of halogens is 1. The zero-order valence-electron chi connectivity index (χ0n) is 17.9. The van der Waals surface area contributed by atoms with E-state index in [1.807, 2.05) is 6.92 Å². The molecule has 2 heterocycles. The Bertz CT molecular complexity index is 1140. The topological polar surface area (TPSA) is 84.7 Å². The van der Waals surface area contributed by atoms with E-state index in [-0.39, 0.29) is 21.7 Å². The van der Waals surface area contributed by atoms with Crippen LogP contribution in [0.3, 0.4) is 0 Å². The summed E-state index contributed by atoms with van der Waals surface area (Å²) in [6, 6.07) is 12.2. The third-order valence-electron chi connectivity index (χ3n) is 5.31. The van der Waals surface area contributed by atoms with Gasteiger partial charge in [0.15, 0.2) is 0 Å². The van der Waals surface area contributed by atoms with Crippen LogP contribution in [0.25, 0.3) is 11.5 Å². The Kier molecular flexibility index (Phi) is 6.88. The molecule has 0 unspecified atom stereocenters. The lowest BCUT2D eigenvalue weighted by atomic mass is 10.2. The van der Waals surface area contributed by atoms with E-state index in [4.69, 9.17) is 9.15 Å². The summed E-state index contributed by atoms with van der Waals surface area (Å²) < 4.78 is 51.1. The Morgan fingerprint density at radius 3 is 2.44 bits per heavy atom. The van der Waals surface area contributed by atoms with Crippen LogP contribution in [-0.4, -0.2) is 57.7 Å². The van der Waals surface area contributed by atoms with Crippen molar-refractivity contribution < 1.29 is 22.0 Å². The number of ether oxygens (including phenoxy) is 1. The monoisotopic (exact) mass is 459 g/mol. The van der Waals surface area contributed by atoms with Crippen molar-refractivity contribution in [2.24, 2.45) is 0 Å². The van der Waals surface area contributed by atoms with Gasteiger partial charge in [0.25, 0.3) is 0 Å². The van der Waals surface area contributed by atoms with Gasteiger partial charge in [-0.15, -0.1) is 0 Å². The molecule has 1 saturated heterocycles. The SMILES string of the molecule is Cc1ccc(S(=O)(=O)c2nc(-c3ccc(F)cc3)oc2NCCCN2CCOCC2)cc1. The van der Waals surface area contributed by atoms with E-state index in [0.717, 1.165) is 44.8 Å². The lowest BCUT2D eigenvalue weighted by Crippen LogP contribution is -2.37. The summed E-state index contributed by atoms with van der Waals surface area (Å²) in [4.78, 5) is 6.73. The second-order valence-corrected chi connectivity index (χ2v) is 9.58. The minimum atomic E-state index is -3.91. The quantitative estimate of drug-likeness (QED) is 0.514. The summed E-state index contributed by atoms with van der Waals surface area (Å²) in [6.07, 6.45) is 0.802. The van der Waals surface area contributed by atoms with Gasteiger partial charge in [0.2, 0.25) is 26.6 Å². The van der Waals surface area contributed by atoms with Gasteiger partial charge >= 0.3 is 0 Å². The van der Waals surface area contributed by atoms with Gasteiger partial charge < -0.3 is 14.5 Å². The number of nitrogens with zero attached hydrogens (tertiary/aromatic N) is 2. The fraction of sp³-hybridized carbons (Fsp3) is 0.348. The molecule has 1 aliphatic heterocycles. The first-order valence-electron chi connectivity index (χ1n) is 10.6. The molecule has 1 aliphatic rings. The molecule has 32 heavy (non-hydrogen) atoms. The first-order valence-corrected chi connectivity index (χ1v) is 12.0. The highest BCUT2D eigenvalue weighted by atomic mass is 32.2. The van der Waals surface area contributed by atoms with Crippen molar-refractivity contribution in [1.82, 2.24) is 9.88 Å². The van der Waals surface area contributed by atoms with Crippen molar-refractivity contribution in [3.05, 3.63) is 59.9 Å². The second kappa shape index (κ2) is 9.81. The number of rotatable bonds is 8. The Balaban J connectivity index is 1.58. The summed E-state index contributed by atoms with van der Waals surface area (Å²) in [5.41, 5.74) is 1.45.